The molecule has 0 saturated heterocycles. The second-order valence-electron chi connectivity index (χ2n) is 9.91. The van der Waals surface area contributed by atoms with Crippen molar-refractivity contribution in [2.75, 3.05) is 18.8 Å². The van der Waals surface area contributed by atoms with E-state index in [0.29, 0.717) is 23.4 Å². The van der Waals surface area contributed by atoms with Crippen LogP contribution < -0.4 is 26.4 Å². The Morgan fingerprint density at radius 2 is 1.81 bits per heavy atom. The number of rotatable bonds is 11. The molecule has 2 amide bonds. The second-order valence-corrected chi connectivity index (χ2v) is 10.3. The highest BCUT2D eigenvalue weighted by Gasteiger charge is 2.23. The van der Waals surface area contributed by atoms with E-state index in [-0.39, 0.29) is 48.3 Å². The average Bonchev–Trinajstić information content (AvgIpc) is 2.79. The van der Waals surface area contributed by atoms with E-state index >= 15 is 4.39 Å². The van der Waals surface area contributed by atoms with Gasteiger partial charge in [-0.1, -0.05) is 24.6 Å². The molecule has 37 heavy (non-hydrogen) atoms. The SMILES string of the molecule is CC[C@@H](N[C@@H](C)CC(=O)NCCNC(=O)OC(C)(C)C)c1ccc(Cl)c(Oc2ccc(N)c(C)c2)c1F. The number of hydrogen-bond donors (Lipinski definition) is 4. The number of aryl methyl sites for hydroxylation is 1. The Bertz CT molecular complexity index is 1090. The van der Waals surface area contributed by atoms with Crippen LogP contribution >= 0.6 is 11.6 Å². The van der Waals surface area contributed by atoms with Crippen LogP contribution in [0.5, 0.6) is 11.5 Å². The van der Waals surface area contributed by atoms with Crippen molar-refractivity contribution in [3.05, 3.63) is 52.3 Å². The summed E-state index contributed by atoms with van der Waals surface area (Å²) in [6.45, 7) is 11.4. The normalized spacial score (nSPS) is 13.0. The van der Waals surface area contributed by atoms with Crippen LogP contribution in [-0.4, -0.2) is 36.7 Å². The van der Waals surface area contributed by atoms with E-state index in [0.717, 1.165) is 5.56 Å². The Hall–Kier alpha value is -3.04. The zero-order chi connectivity index (χ0) is 27.8. The highest BCUT2D eigenvalue weighted by molar-refractivity contribution is 6.32. The van der Waals surface area contributed by atoms with Crippen LogP contribution in [0.1, 0.15) is 64.6 Å². The molecule has 0 spiro atoms. The van der Waals surface area contributed by atoms with Crippen LogP contribution in [0.2, 0.25) is 5.02 Å². The van der Waals surface area contributed by atoms with Crippen molar-refractivity contribution in [1.82, 2.24) is 16.0 Å². The van der Waals surface area contributed by atoms with Crippen molar-refractivity contribution in [2.24, 2.45) is 0 Å². The van der Waals surface area contributed by atoms with E-state index in [1.54, 1.807) is 51.1 Å². The molecular weight excluding hydrogens is 499 g/mol. The van der Waals surface area contributed by atoms with E-state index in [1.165, 1.54) is 0 Å². The molecule has 2 rings (SSSR count). The standard InChI is InChI=1S/C27H38ClFN4O4/c1-7-22(33-17(3)15-23(34)31-12-13-32-26(35)37-27(4,5)6)19-9-10-20(28)25(24(19)29)36-18-8-11-21(30)16(2)14-18/h8-11,14,17,22,33H,7,12-13,15,30H2,1-6H3,(H,31,34)(H,32,35)/t17-,22+/m0/s1. The first-order valence-electron chi connectivity index (χ1n) is 12.3. The lowest BCUT2D eigenvalue weighted by molar-refractivity contribution is -0.121. The number of ether oxygens (including phenoxy) is 2. The molecule has 0 fully saturated rings. The lowest BCUT2D eigenvalue weighted by Gasteiger charge is -2.24. The van der Waals surface area contributed by atoms with Crippen molar-refractivity contribution in [1.29, 1.82) is 0 Å². The van der Waals surface area contributed by atoms with Gasteiger partial charge in [0.1, 0.15) is 11.4 Å². The first kappa shape index (κ1) is 30.2. The molecule has 0 saturated carbocycles. The Morgan fingerprint density at radius 3 is 2.43 bits per heavy atom. The van der Waals surface area contributed by atoms with Crippen molar-refractivity contribution in [2.45, 2.75) is 72.1 Å². The summed E-state index contributed by atoms with van der Waals surface area (Å²) in [4.78, 5) is 24.0. The summed E-state index contributed by atoms with van der Waals surface area (Å²) in [5.74, 6) is -0.394. The number of anilines is 1. The number of halogens is 2. The number of carbonyl (C=O) groups excluding carboxylic acids is 2. The van der Waals surface area contributed by atoms with Crippen molar-refractivity contribution in [3.8, 4) is 11.5 Å². The molecule has 0 heterocycles. The lowest BCUT2D eigenvalue weighted by atomic mass is 10.0. The van der Waals surface area contributed by atoms with Crippen LogP contribution in [0, 0.1) is 12.7 Å². The number of nitrogens with one attached hydrogen (secondary N) is 3. The maximum Gasteiger partial charge on any atom is 0.407 e. The fourth-order valence-corrected chi connectivity index (χ4v) is 3.79. The summed E-state index contributed by atoms with van der Waals surface area (Å²) < 4.78 is 26.5. The number of hydrogen-bond acceptors (Lipinski definition) is 6. The molecule has 0 aromatic heterocycles. The van der Waals surface area contributed by atoms with Gasteiger partial charge in [0, 0.05) is 42.8 Å². The van der Waals surface area contributed by atoms with Gasteiger partial charge in [0.25, 0.3) is 0 Å². The molecule has 2 aromatic rings. The highest BCUT2D eigenvalue weighted by Crippen LogP contribution is 2.37. The minimum Gasteiger partial charge on any atom is -0.453 e. The molecule has 204 valence electrons. The van der Waals surface area contributed by atoms with Crippen molar-refractivity contribution >= 4 is 29.3 Å². The molecule has 0 aliphatic heterocycles. The van der Waals surface area contributed by atoms with Gasteiger partial charge in [-0.15, -0.1) is 0 Å². The number of amides is 2. The number of alkyl carbamates (subject to hydrolysis) is 1. The minimum absolute atomic E-state index is 0.0635. The van der Waals surface area contributed by atoms with Crippen LogP contribution in [-0.2, 0) is 9.53 Å². The number of nitrogens with two attached hydrogens (primary N) is 1. The maximum atomic E-state index is 15.5. The Kier molecular flexibility index (Phi) is 11.0. The predicted octanol–water partition coefficient (Wildman–Crippen LogP) is 5.62. The van der Waals surface area contributed by atoms with Gasteiger partial charge in [-0.25, -0.2) is 9.18 Å². The number of nitrogen functional groups attached to an aromatic ring is 1. The maximum absolute atomic E-state index is 15.5. The summed E-state index contributed by atoms with van der Waals surface area (Å²) in [6.07, 6.45) is 0.208. The molecule has 0 bridgehead atoms. The molecule has 0 radical (unpaired) electrons. The summed E-state index contributed by atoms with van der Waals surface area (Å²) >= 11 is 6.26. The molecule has 10 heteroatoms. The monoisotopic (exact) mass is 536 g/mol. The van der Waals surface area contributed by atoms with Gasteiger partial charge in [-0.2, -0.15) is 0 Å². The van der Waals surface area contributed by atoms with Gasteiger partial charge in [-0.05, 0) is 70.9 Å². The molecular formula is C27H38ClFN4O4. The van der Waals surface area contributed by atoms with Gasteiger partial charge >= 0.3 is 6.09 Å². The predicted molar refractivity (Wildman–Crippen MR) is 145 cm³/mol. The second kappa shape index (κ2) is 13.5. The third-order valence-corrected chi connectivity index (χ3v) is 5.71. The van der Waals surface area contributed by atoms with Gasteiger partial charge in [-0.3, -0.25) is 4.79 Å². The number of benzene rings is 2. The fourth-order valence-electron chi connectivity index (χ4n) is 3.60. The van der Waals surface area contributed by atoms with E-state index in [2.05, 4.69) is 16.0 Å². The van der Waals surface area contributed by atoms with E-state index < -0.39 is 17.5 Å². The Balaban J connectivity index is 1.95. The minimum atomic E-state index is -0.587. The summed E-state index contributed by atoms with van der Waals surface area (Å²) in [5.41, 5.74) is 7.08. The zero-order valence-corrected chi connectivity index (χ0v) is 23.1. The fraction of sp³-hybridized carbons (Fsp3) is 0.481. The van der Waals surface area contributed by atoms with Crippen LogP contribution in [0.3, 0.4) is 0 Å². The van der Waals surface area contributed by atoms with E-state index in [4.69, 9.17) is 26.8 Å². The average molecular weight is 537 g/mol. The smallest absolute Gasteiger partial charge is 0.407 e. The van der Waals surface area contributed by atoms with Gasteiger partial charge in [0.2, 0.25) is 5.91 Å². The van der Waals surface area contributed by atoms with Crippen LogP contribution in [0.25, 0.3) is 0 Å². The lowest BCUT2D eigenvalue weighted by Crippen LogP contribution is -2.40. The van der Waals surface area contributed by atoms with Gasteiger partial charge in [0.05, 0.1) is 5.02 Å². The largest absolute Gasteiger partial charge is 0.453 e. The molecule has 8 nitrogen and oxygen atoms in total. The summed E-state index contributed by atoms with van der Waals surface area (Å²) in [5, 5.41) is 8.81. The molecule has 0 aliphatic rings. The third kappa shape index (κ3) is 9.74. The Morgan fingerprint density at radius 1 is 1.14 bits per heavy atom. The molecule has 2 aromatic carbocycles. The number of carbonyl (C=O) groups is 2. The first-order chi connectivity index (χ1) is 17.3. The van der Waals surface area contributed by atoms with Crippen LogP contribution in [0.4, 0.5) is 14.9 Å². The molecule has 5 N–H and O–H groups in total. The van der Waals surface area contributed by atoms with Crippen LogP contribution in [0.15, 0.2) is 30.3 Å². The van der Waals surface area contributed by atoms with Gasteiger partial charge < -0.3 is 31.2 Å². The van der Waals surface area contributed by atoms with Gasteiger partial charge in [0.15, 0.2) is 11.6 Å². The van der Waals surface area contributed by atoms with E-state index in [9.17, 15) is 9.59 Å². The molecule has 2 atom stereocenters. The van der Waals surface area contributed by atoms with Crippen molar-refractivity contribution < 1.29 is 23.5 Å². The summed E-state index contributed by atoms with van der Waals surface area (Å²) in [6, 6.07) is 7.67. The topological polar surface area (TPSA) is 115 Å². The summed E-state index contributed by atoms with van der Waals surface area (Å²) in [7, 11) is 0. The highest BCUT2D eigenvalue weighted by atomic mass is 35.5. The molecule has 0 unspecified atom stereocenters. The van der Waals surface area contributed by atoms with Crippen molar-refractivity contribution in [3.63, 3.8) is 0 Å². The first-order valence-corrected chi connectivity index (χ1v) is 12.7. The van der Waals surface area contributed by atoms with E-state index in [1.807, 2.05) is 20.8 Å². The third-order valence-electron chi connectivity index (χ3n) is 5.42. The quantitative estimate of drug-likeness (QED) is 0.219. The molecule has 0 aliphatic carbocycles. The Labute approximate surface area is 223 Å². The zero-order valence-electron chi connectivity index (χ0n) is 22.3.